The number of rotatable bonds is 6. The van der Waals surface area contributed by atoms with Gasteiger partial charge < -0.3 is 11.5 Å². The van der Waals surface area contributed by atoms with Gasteiger partial charge in [0.1, 0.15) is 6.33 Å². The molecule has 0 unspecified atom stereocenters. The van der Waals surface area contributed by atoms with E-state index >= 15 is 0 Å². The minimum absolute atomic E-state index is 0.210. The topological polar surface area (TPSA) is 104 Å². The highest BCUT2D eigenvalue weighted by Gasteiger charge is 2.16. The van der Waals surface area contributed by atoms with Crippen molar-refractivity contribution in [1.82, 2.24) is 9.55 Å². The van der Waals surface area contributed by atoms with Crippen LogP contribution in [0.25, 0.3) is 0 Å². The summed E-state index contributed by atoms with van der Waals surface area (Å²) in [6.45, 7) is 0. The van der Waals surface area contributed by atoms with Gasteiger partial charge in [0, 0.05) is 12.6 Å². The van der Waals surface area contributed by atoms with Crippen molar-refractivity contribution in [3.8, 4) is 0 Å². The lowest BCUT2D eigenvalue weighted by atomic mass is 10.1. The summed E-state index contributed by atoms with van der Waals surface area (Å²) < 4.78 is 1.37. The second kappa shape index (κ2) is 6.81. The Balaban J connectivity index is 1.97. The molecule has 2 aromatic rings. The highest BCUT2D eigenvalue weighted by molar-refractivity contribution is 5.84. The summed E-state index contributed by atoms with van der Waals surface area (Å²) in [5.74, 6) is -0.617. The van der Waals surface area contributed by atoms with E-state index in [0.29, 0.717) is 18.5 Å². The number of aromatic nitrogens is 2. The maximum Gasteiger partial charge on any atom is 0.249 e. The third-order valence-corrected chi connectivity index (χ3v) is 3.13. The van der Waals surface area contributed by atoms with Gasteiger partial charge in [-0.05, 0) is 18.4 Å². The highest BCUT2D eigenvalue weighted by Crippen LogP contribution is 2.05. The van der Waals surface area contributed by atoms with E-state index in [0.717, 1.165) is 5.56 Å². The van der Waals surface area contributed by atoms with E-state index in [1.165, 1.54) is 10.9 Å². The van der Waals surface area contributed by atoms with Crippen LogP contribution in [0.5, 0.6) is 0 Å². The van der Waals surface area contributed by atoms with Crippen LogP contribution in [0, 0.1) is 0 Å². The van der Waals surface area contributed by atoms with Gasteiger partial charge in [-0.25, -0.2) is 4.98 Å². The van der Waals surface area contributed by atoms with Crippen LogP contribution in [-0.4, -0.2) is 27.4 Å². The molecule has 1 amide bonds. The van der Waals surface area contributed by atoms with Crippen LogP contribution in [0.1, 0.15) is 22.5 Å². The Morgan fingerprint density at radius 2 is 1.95 bits per heavy atom. The monoisotopic (exact) mass is 286 g/mol. The zero-order valence-electron chi connectivity index (χ0n) is 11.6. The van der Waals surface area contributed by atoms with Crippen molar-refractivity contribution in [2.24, 2.45) is 11.5 Å². The Hall–Kier alpha value is -2.47. The number of hydrogen-bond acceptors (Lipinski definition) is 4. The molecule has 0 aliphatic carbocycles. The van der Waals surface area contributed by atoms with E-state index in [4.69, 9.17) is 11.5 Å². The first-order valence-electron chi connectivity index (χ1n) is 6.71. The predicted octanol–water partition coefficient (Wildman–Crippen LogP) is 0.511. The van der Waals surface area contributed by atoms with Crippen molar-refractivity contribution in [2.75, 3.05) is 0 Å². The normalized spacial score (nSPS) is 12.0. The molecule has 0 bridgehead atoms. The van der Waals surface area contributed by atoms with Gasteiger partial charge in [0.2, 0.25) is 11.8 Å². The molecular weight excluding hydrogens is 268 g/mol. The number of benzene rings is 1. The first kappa shape index (κ1) is 14.9. The molecule has 1 heterocycles. The third-order valence-electron chi connectivity index (χ3n) is 3.13. The van der Waals surface area contributed by atoms with Gasteiger partial charge in [-0.3, -0.25) is 14.2 Å². The van der Waals surface area contributed by atoms with Crippen molar-refractivity contribution in [3.05, 3.63) is 54.1 Å². The number of imidazole rings is 1. The number of nitrogens with zero attached hydrogens (tertiary/aromatic N) is 2. The van der Waals surface area contributed by atoms with E-state index in [9.17, 15) is 9.59 Å². The van der Waals surface area contributed by atoms with Gasteiger partial charge in [-0.1, -0.05) is 30.3 Å². The lowest BCUT2D eigenvalue weighted by Crippen LogP contribution is -2.36. The quantitative estimate of drug-likeness (QED) is 0.807. The number of hydrogen-bond donors (Lipinski definition) is 2. The molecule has 0 fully saturated rings. The molecule has 6 heteroatoms. The van der Waals surface area contributed by atoms with Crippen LogP contribution in [-0.2, 0) is 17.6 Å². The fourth-order valence-corrected chi connectivity index (χ4v) is 2.01. The second-order valence-corrected chi connectivity index (χ2v) is 4.87. The maximum absolute atomic E-state index is 12.2. The molecule has 4 N–H and O–H groups in total. The first-order valence-corrected chi connectivity index (χ1v) is 6.71. The Morgan fingerprint density at radius 1 is 1.24 bits per heavy atom. The second-order valence-electron chi connectivity index (χ2n) is 4.87. The number of aryl methyl sites for hydroxylation is 1. The molecule has 0 saturated heterocycles. The number of primary amides is 1. The molecule has 0 aliphatic heterocycles. The Labute approximate surface area is 122 Å². The molecule has 1 atom stereocenters. The number of carbonyl (C=O) groups excluding carboxylic acids is 2. The summed E-state index contributed by atoms with van der Waals surface area (Å²) in [6.07, 6.45) is 4.11. The average molecular weight is 286 g/mol. The molecule has 21 heavy (non-hydrogen) atoms. The van der Waals surface area contributed by atoms with Gasteiger partial charge in [-0.2, -0.15) is 0 Å². The predicted molar refractivity (Wildman–Crippen MR) is 78.5 cm³/mol. The number of carbonyl (C=O) groups is 2. The van der Waals surface area contributed by atoms with Crippen LogP contribution in [0.4, 0.5) is 0 Å². The summed E-state index contributed by atoms with van der Waals surface area (Å²) in [5.41, 5.74) is 12.7. The van der Waals surface area contributed by atoms with Gasteiger partial charge in [0.05, 0.1) is 11.7 Å². The molecule has 0 spiro atoms. The lowest BCUT2D eigenvalue weighted by molar-refractivity contribution is -0.118. The third kappa shape index (κ3) is 4.25. The number of nitrogens with two attached hydrogens (primary N) is 2. The largest absolute Gasteiger partial charge is 0.370 e. The van der Waals surface area contributed by atoms with Crippen LogP contribution in [0.2, 0.25) is 0 Å². The van der Waals surface area contributed by atoms with Crippen LogP contribution >= 0.6 is 0 Å². The van der Waals surface area contributed by atoms with Crippen molar-refractivity contribution in [2.45, 2.75) is 25.3 Å². The fourth-order valence-electron chi connectivity index (χ4n) is 2.01. The summed E-state index contributed by atoms with van der Waals surface area (Å²) in [5, 5.41) is 0. The van der Waals surface area contributed by atoms with Crippen molar-refractivity contribution >= 4 is 11.8 Å². The lowest BCUT2D eigenvalue weighted by Gasteiger charge is -2.10. The molecule has 1 aromatic heterocycles. The molecular formula is C15H18N4O2. The Morgan fingerprint density at radius 3 is 2.62 bits per heavy atom. The van der Waals surface area contributed by atoms with Gasteiger partial charge >= 0.3 is 0 Å². The zero-order chi connectivity index (χ0) is 15.2. The zero-order valence-corrected chi connectivity index (χ0v) is 11.6. The van der Waals surface area contributed by atoms with Gasteiger partial charge in [-0.15, -0.1) is 0 Å². The fraction of sp³-hybridized carbons (Fsp3) is 0.267. The molecule has 1 aromatic carbocycles. The maximum atomic E-state index is 12.2. The Kier molecular flexibility index (Phi) is 4.84. The van der Waals surface area contributed by atoms with E-state index in [2.05, 4.69) is 4.98 Å². The van der Waals surface area contributed by atoms with E-state index in [-0.39, 0.29) is 12.3 Å². The molecule has 6 nitrogen and oxygen atoms in total. The van der Waals surface area contributed by atoms with Crippen molar-refractivity contribution in [1.29, 1.82) is 0 Å². The average Bonchev–Trinajstić information content (AvgIpc) is 2.94. The molecule has 110 valence electrons. The summed E-state index contributed by atoms with van der Waals surface area (Å²) in [6, 6.07) is 8.96. The SMILES string of the molecule is NC(=O)CCc1cn(C(=O)[C@@H](N)Cc2ccccc2)cn1. The van der Waals surface area contributed by atoms with Crippen molar-refractivity contribution in [3.63, 3.8) is 0 Å². The Bertz CT molecular complexity index is 622. The minimum Gasteiger partial charge on any atom is -0.370 e. The highest BCUT2D eigenvalue weighted by atomic mass is 16.2. The summed E-state index contributed by atoms with van der Waals surface area (Å²) in [7, 11) is 0. The van der Waals surface area contributed by atoms with Crippen LogP contribution in [0.15, 0.2) is 42.9 Å². The summed E-state index contributed by atoms with van der Waals surface area (Å²) >= 11 is 0. The summed E-state index contributed by atoms with van der Waals surface area (Å²) in [4.78, 5) is 27.0. The molecule has 0 aliphatic rings. The molecule has 0 radical (unpaired) electrons. The standard InChI is InChI=1S/C15H18N4O2/c16-13(8-11-4-2-1-3-5-11)15(21)19-9-12(18-10-19)6-7-14(17)20/h1-5,9-10,13H,6-8,16H2,(H2,17,20)/t13-/m0/s1. The first-order chi connectivity index (χ1) is 10.1. The van der Waals surface area contributed by atoms with Crippen molar-refractivity contribution < 1.29 is 9.59 Å². The van der Waals surface area contributed by atoms with Gasteiger partial charge in [0.25, 0.3) is 0 Å². The van der Waals surface area contributed by atoms with E-state index in [1.807, 2.05) is 30.3 Å². The number of amides is 1. The van der Waals surface area contributed by atoms with Crippen LogP contribution < -0.4 is 11.5 Å². The van der Waals surface area contributed by atoms with E-state index < -0.39 is 11.9 Å². The van der Waals surface area contributed by atoms with E-state index in [1.54, 1.807) is 6.20 Å². The molecule has 2 rings (SSSR count). The van der Waals surface area contributed by atoms with Crippen LogP contribution in [0.3, 0.4) is 0 Å². The minimum atomic E-state index is -0.634. The molecule has 0 saturated carbocycles. The smallest absolute Gasteiger partial charge is 0.249 e. The van der Waals surface area contributed by atoms with Gasteiger partial charge in [0.15, 0.2) is 0 Å².